The van der Waals surface area contributed by atoms with E-state index in [9.17, 15) is 0 Å². The summed E-state index contributed by atoms with van der Waals surface area (Å²) >= 11 is 0. The Kier molecular flexibility index (Phi) is 2.66. The highest BCUT2D eigenvalue weighted by Gasteiger charge is 2.25. The minimum absolute atomic E-state index is 1.28. The van der Waals surface area contributed by atoms with E-state index >= 15 is 0 Å². The number of fused-ring (bicyclic) bond motifs is 7. The van der Waals surface area contributed by atoms with E-state index in [1.807, 2.05) is 0 Å². The molecule has 0 atom stereocenters. The summed E-state index contributed by atoms with van der Waals surface area (Å²) < 4.78 is 4.77. The Balaban J connectivity index is 2.01. The summed E-state index contributed by atoms with van der Waals surface area (Å²) in [5.41, 5.74) is 6.55. The molecule has 2 heteroatoms. The fourth-order valence-electron chi connectivity index (χ4n) is 5.52. The smallest absolute Gasteiger partial charge is 0.238 e. The Morgan fingerprint density at radius 3 is 2.17 bits per heavy atom. The van der Waals surface area contributed by atoms with Gasteiger partial charge in [0.1, 0.15) is 12.6 Å². The second-order valence-electron chi connectivity index (χ2n) is 8.14. The van der Waals surface area contributed by atoms with Crippen LogP contribution in [0.15, 0.2) is 79.0 Å². The maximum absolute atomic E-state index is 2.48. The number of rotatable bonds is 0. The molecular weight excluding hydrogens is 352 g/mol. The third kappa shape index (κ3) is 1.67. The summed E-state index contributed by atoms with van der Waals surface area (Å²) in [4.78, 5) is 0. The Labute approximate surface area is 167 Å². The first-order chi connectivity index (χ1) is 14.3. The monoisotopic (exact) mass is 371 g/mol. The van der Waals surface area contributed by atoms with Gasteiger partial charge in [0.05, 0.1) is 16.4 Å². The molecule has 0 saturated carbocycles. The molecule has 0 spiro atoms. The van der Waals surface area contributed by atoms with Crippen LogP contribution in [0.4, 0.5) is 0 Å². The summed E-state index contributed by atoms with van der Waals surface area (Å²) in [6, 6.07) is 26.6. The van der Waals surface area contributed by atoms with Crippen LogP contribution in [0, 0.1) is 6.92 Å². The predicted octanol–water partition coefficient (Wildman–Crippen LogP) is 6.28. The van der Waals surface area contributed by atoms with Crippen LogP contribution in [0.5, 0.6) is 0 Å². The summed E-state index contributed by atoms with van der Waals surface area (Å²) in [5, 5.41) is 9.38. The summed E-state index contributed by atoms with van der Waals surface area (Å²) in [6.45, 7) is 2.28. The zero-order valence-electron chi connectivity index (χ0n) is 16.4. The van der Waals surface area contributed by atoms with Crippen LogP contribution in [-0.2, 0) is 7.05 Å². The molecule has 0 unspecified atom stereocenters. The van der Waals surface area contributed by atoms with Crippen molar-refractivity contribution in [3.8, 4) is 0 Å². The van der Waals surface area contributed by atoms with Crippen molar-refractivity contribution in [3.63, 3.8) is 0 Å². The van der Waals surface area contributed by atoms with Gasteiger partial charge >= 0.3 is 0 Å². The van der Waals surface area contributed by atoms with Gasteiger partial charge in [0.2, 0.25) is 5.52 Å². The van der Waals surface area contributed by atoms with Gasteiger partial charge in [0, 0.05) is 22.2 Å². The fourth-order valence-corrected chi connectivity index (χ4v) is 5.52. The van der Waals surface area contributed by atoms with Gasteiger partial charge in [-0.15, -0.1) is 0 Å². The molecular formula is C27H19N2+. The molecule has 2 nitrogen and oxygen atoms in total. The molecule has 0 aliphatic carbocycles. The Hall–Kier alpha value is -3.65. The van der Waals surface area contributed by atoms with Crippen LogP contribution in [-0.4, -0.2) is 4.40 Å². The van der Waals surface area contributed by atoms with E-state index in [0.717, 1.165) is 0 Å². The fraction of sp³-hybridized carbons (Fsp3) is 0.0741. The van der Waals surface area contributed by atoms with Gasteiger partial charge in [-0.2, -0.15) is 4.57 Å². The molecule has 0 aliphatic heterocycles. The molecule has 0 fully saturated rings. The van der Waals surface area contributed by atoms with Gasteiger partial charge in [-0.1, -0.05) is 54.6 Å². The van der Waals surface area contributed by atoms with E-state index in [4.69, 9.17) is 0 Å². The van der Waals surface area contributed by atoms with Gasteiger partial charge in [0.15, 0.2) is 6.20 Å². The van der Waals surface area contributed by atoms with E-state index < -0.39 is 0 Å². The Morgan fingerprint density at radius 1 is 0.621 bits per heavy atom. The highest BCUT2D eigenvalue weighted by Crippen LogP contribution is 2.43. The van der Waals surface area contributed by atoms with E-state index in [-0.39, 0.29) is 0 Å². The maximum atomic E-state index is 2.48. The van der Waals surface area contributed by atoms with Crippen molar-refractivity contribution in [3.05, 3.63) is 84.6 Å². The van der Waals surface area contributed by atoms with Gasteiger partial charge in [-0.05, 0) is 40.8 Å². The average Bonchev–Trinajstić information content (AvgIpc) is 3.10. The van der Waals surface area contributed by atoms with Gasteiger partial charge in [0.25, 0.3) is 0 Å². The molecule has 0 aliphatic rings. The van der Waals surface area contributed by atoms with E-state index in [0.29, 0.717) is 0 Å². The van der Waals surface area contributed by atoms with Crippen LogP contribution in [0.2, 0.25) is 0 Å². The van der Waals surface area contributed by atoms with Gasteiger partial charge < -0.3 is 4.40 Å². The summed E-state index contributed by atoms with van der Waals surface area (Å²) in [5.74, 6) is 0. The zero-order valence-corrected chi connectivity index (χ0v) is 16.4. The third-order valence-electron chi connectivity index (χ3n) is 6.72. The number of benzene rings is 4. The lowest BCUT2D eigenvalue weighted by atomic mass is 9.92. The third-order valence-corrected chi connectivity index (χ3v) is 6.72. The van der Waals surface area contributed by atoms with Crippen LogP contribution in [0.25, 0.3) is 59.8 Å². The molecule has 3 aromatic heterocycles. The quantitative estimate of drug-likeness (QED) is 0.169. The Morgan fingerprint density at radius 2 is 1.31 bits per heavy atom. The lowest BCUT2D eigenvalue weighted by Crippen LogP contribution is -2.29. The van der Waals surface area contributed by atoms with E-state index in [1.165, 1.54) is 65.3 Å². The average molecular weight is 371 g/mol. The maximum Gasteiger partial charge on any atom is 0.238 e. The predicted molar refractivity (Wildman–Crippen MR) is 122 cm³/mol. The van der Waals surface area contributed by atoms with Crippen molar-refractivity contribution in [2.24, 2.45) is 7.05 Å². The first kappa shape index (κ1) is 15.3. The minimum atomic E-state index is 1.28. The number of hydrogen-bond acceptors (Lipinski definition) is 0. The first-order valence-corrected chi connectivity index (χ1v) is 10.1. The number of pyridine rings is 2. The highest BCUT2D eigenvalue weighted by molar-refractivity contribution is 6.30. The van der Waals surface area contributed by atoms with Crippen molar-refractivity contribution in [2.45, 2.75) is 6.92 Å². The van der Waals surface area contributed by atoms with Crippen molar-refractivity contribution < 1.29 is 4.57 Å². The topological polar surface area (TPSA) is 8.29 Å². The van der Waals surface area contributed by atoms with Crippen molar-refractivity contribution in [1.29, 1.82) is 0 Å². The highest BCUT2D eigenvalue weighted by atomic mass is 15.0. The lowest BCUT2D eigenvalue weighted by molar-refractivity contribution is -0.644. The first-order valence-electron chi connectivity index (χ1n) is 10.1. The van der Waals surface area contributed by atoms with Crippen molar-refractivity contribution in [2.75, 3.05) is 0 Å². The largest absolute Gasteiger partial charge is 0.303 e. The molecule has 136 valence electrons. The number of para-hydroxylation sites is 1. The molecule has 0 N–H and O–H groups in total. The second-order valence-corrected chi connectivity index (χ2v) is 8.14. The van der Waals surface area contributed by atoms with E-state index in [2.05, 4.69) is 102 Å². The molecule has 4 aromatic carbocycles. The normalized spacial score (nSPS) is 12.5. The molecule has 3 heterocycles. The zero-order chi connectivity index (χ0) is 19.3. The van der Waals surface area contributed by atoms with Crippen LogP contribution in [0.1, 0.15) is 5.56 Å². The second kappa shape index (κ2) is 5.03. The van der Waals surface area contributed by atoms with Crippen LogP contribution >= 0.6 is 0 Å². The Bertz CT molecular complexity index is 1770. The van der Waals surface area contributed by atoms with Crippen LogP contribution < -0.4 is 4.57 Å². The van der Waals surface area contributed by atoms with Crippen LogP contribution in [0.3, 0.4) is 0 Å². The number of aryl methyl sites for hydroxylation is 2. The number of aromatic nitrogens is 2. The van der Waals surface area contributed by atoms with E-state index in [1.54, 1.807) is 0 Å². The van der Waals surface area contributed by atoms with Crippen molar-refractivity contribution >= 4 is 59.8 Å². The molecule has 7 aromatic rings. The standard InChI is InChI=1S/C27H19N2/c1-16-17-8-3-4-9-18(17)20-11-7-13-23-25(20)24(16)27-26-21(14-15-28(27)2)19-10-5-6-12-22(19)29(23)26/h3-15H,1-2H3/q+1. The van der Waals surface area contributed by atoms with Crippen molar-refractivity contribution in [1.82, 2.24) is 4.40 Å². The molecule has 0 bridgehead atoms. The SMILES string of the molecule is Cc1c2ccccc2c2cccc3c2c1c1c2c(cc[n+]1C)c1ccccc1n32. The molecule has 0 saturated heterocycles. The lowest BCUT2D eigenvalue weighted by Gasteiger charge is -2.16. The molecule has 29 heavy (non-hydrogen) atoms. The summed E-state index contributed by atoms with van der Waals surface area (Å²) in [6.07, 6.45) is 2.21. The number of nitrogens with zero attached hydrogens (tertiary/aromatic N) is 2. The molecule has 0 amide bonds. The minimum Gasteiger partial charge on any atom is -0.303 e. The van der Waals surface area contributed by atoms with Gasteiger partial charge in [-0.3, -0.25) is 0 Å². The number of hydrogen-bond donors (Lipinski definition) is 0. The van der Waals surface area contributed by atoms with Gasteiger partial charge in [-0.25, -0.2) is 0 Å². The summed E-state index contributed by atoms with van der Waals surface area (Å²) in [7, 11) is 2.17. The molecule has 7 rings (SSSR count). The molecule has 0 radical (unpaired) electrons.